The largest absolute Gasteiger partial charge is 0.495 e. The Kier molecular flexibility index (Phi) is 5.78. The van der Waals surface area contributed by atoms with Crippen molar-refractivity contribution in [1.29, 1.82) is 0 Å². The first kappa shape index (κ1) is 18.3. The maximum absolute atomic E-state index is 12.6. The van der Waals surface area contributed by atoms with Crippen molar-refractivity contribution in [2.75, 3.05) is 43.5 Å². The number of hydrogen-bond donors (Lipinski definition) is 1. The molecule has 1 saturated heterocycles. The van der Waals surface area contributed by atoms with Crippen LogP contribution in [0.4, 0.5) is 11.4 Å². The Hall–Kier alpha value is -2.53. The van der Waals surface area contributed by atoms with Crippen molar-refractivity contribution >= 4 is 17.3 Å². The summed E-state index contributed by atoms with van der Waals surface area (Å²) in [6, 6.07) is 15.8. The predicted molar refractivity (Wildman–Crippen MR) is 106 cm³/mol. The number of carbonyl (C=O) groups is 1. The maximum Gasteiger partial charge on any atom is 0.241 e. The third kappa shape index (κ3) is 4.17. The number of rotatable bonds is 5. The summed E-state index contributed by atoms with van der Waals surface area (Å²) in [5.41, 5.74) is 3.11. The van der Waals surface area contributed by atoms with Gasteiger partial charge in [0.1, 0.15) is 5.75 Å². The molecule has 0 bridgehead atoms. The number of para-hydroxylation sites is 2. The van der Waals surface area contributed by atoms with E-state index in [1.165, 1.54) is 0 Å². The van der Waals surface area contributed by atoms with Gasteiger partial charge in [-0.05, 0) is 43.7 Å². The molecule has 0 spiro atoms. The molecule has 26 heavy (non-hydrogen) atoms. The minimum Gasteiger partial charge on any atom is -0.495 e. The molecule has 0 radical (unpaired) electrons. The number of ether oxygens (including phenoxy) is 1. The van der Waals surface area contributed by atoms with Crippen LogP contribution in [0.1, 0.15) is 12.5 Å². The van der Waals surface area contributed by atoms with Crippen LogP contribution in [0.2, 0.25) is 0 Å². The second kappa shape index (κ2) is 8.23. The topological polar surface area (TPSA) is 44.8 Å². The highest BCUT2D eigenvalue weighted by molar-refractivity contribution is 5.94. The van der Waals surface area contributed by atoms with Crippen molar-refractivity contribution < 1.29 is 9.53 Å². The molecular formula is C21H27N3O2. The summed E-state index contributed by atoms with van der Waals surface area (Å²) < 4.78 is 5.47. The summed E-state index contributed by atoms with van der Waals surface area (Å²) in [6.07, 6.45) is 0. The molecule has 0 saturated carbocycles. The van der Waals surface area contributed by atoms with E-state index in [4.69, 9.17) is 4.74 Å². The molecule has 1 fully saturated rings. The number of nitrogens with one attached hydrogen (secondary N) is 1. The van der Waals surface area contributed by atoms with Gasteiger partial charge in [-0.15, -0.1) is 0 Å². The van der Waals surface area contributed by atoms with Gasteiger partial charge in [-0.2, -0.15) is 0 Å². The number of benzene rings is 2. The van der Waals surface area contributed by atoms with E-state index < -0.39 is 0 Å². The summed E-state index contributed by atoms with van der Waals surface area (Å²) in [5, 5.41) is 3.03. The number of hydrogen-bond acceptors (Lipinski definition) is 4. The lowest BCUT2D eigenvalue weighted by molar-refractivity contribution is -0.120. The fourth-order valence-corrected chi connectivity index (χ4v) is 3.38. The number of carbonyl (C=O) groups excluding carboxylic acids is 1. The summed E-state index contributed by atoms with van der Waals surface area (Å²) in [6.45, 7) is 7.45. The molecule has 2 aromatic rings. The van der Waals surface area contributed by atoms with Crippen LogP contribution in [0.5, 0.6) is 5.75 Å². The lowest BCUT2D eigenvalue weighted by Crippen LogP contribution is -2.52. The van der Waals surface area contributed by atoms with Crippen LogP contribution in [0.15, 0.2) is 48.5 Å². The maximum atomic E-state index is 12.6. The Morgan fingerprint density at radius 2 is 1.81 bits per heavy atom. The lowest BCUT2D eigenvalue weighted by atomic mass is 10.1. The second-order valence-corrected chi connectivity index (χ2v) is 6.73. The molecular weight excluding hydrogens is 326 g/mol. The molecule has 0 aromatic heterocycles. The summed E-state index contributed by atoms with van der Waals surface area (Å²) in [7, 11) is 1.70. The van der Waals surface area contributed by atoms with Gasteiger partial charge in [-0.3, -0.25) is 9.69 Å². The zero-order chi connectivity index (χ0) is 18.5. The first-order valence-corrected chi connectivity index (χ1v) is 9.08. The number of nitrogens with zero attached hydrogens (tertiary/aromatic N) is 2. The van der Waals surface area contributed by atoms with E-state index in [0.717, 1.165) is 48.9 Å². The van der Waals surface area contributed by atoms with Crippen molar-refractivity contribution in [3.8, 4) is 5.75 Å². The van der Waals surface area contributed by atoms with Gasteiger partial charge in [0, 0.05) is 31.9 Å². The van der Waals surface area contributed by atoms with Crippen molar-refractivity contribution in [1.82, 2.24) is 4.90 Å². The van der Waals surface area contributed by atoms with Crippen molar-refractivity contribution in [2.24, 2.45) is 0 Å². The average molecular weight is 353 g/mol. The molecule has 5 nitrogen and oxygen atoms in total. The Labute approximate surface area is 155 Å². The van der Waals surface area contributed by atoms with Gasteiger partial charge < -0.3 is 15.0 Å². The van der Waals surface area contributed by atoms with Gasteiger partial charge >= 0.3 is 0 Å². The minimum atomic E-state index is -0.157. The molecule has 1 aliphatic heterocycles. The highest BCUT2D eigenvalue weighted by atomic mass is 16.5. The van der Waals surface area contributed by atoms with Crippen LogP contribution in [0.3, 0.4) is 0 Å². The van der Waals surface area contributed by atoms with E-state index in [-0.39, 0.29) is 11.9 Å². The van der Waals surface area contributed by atoms with E-state index >= 15 is 0 Å². The van der Waals surface area contributed by atoms with Crippen molar-refractivity contribution in [2.45, 2.75) is 19.9 Å². The molecule has 1 atom stereocenters. The molecule has 2 aromatic carbocycles. The van der Waals surface area contributed by atoms with Crippen molar-refractivity contribution in [3.63, 3.8) is 0 Å². The number of anilines is 2. The molecule has 5 heteroatoms. The highest BCUT2D eigenvalue weighted by Gasteiger charge is 2.26. The zero-order valence-electron chi connectivity index (χ0n) is 15.7. The minimum absolute atomic E-state index is 0.0429. The van der Waals surface area contributed by atoms with Crippen LogP contribution >= 0.6 is 0 Å². The molecule has 0 aliphatic carbocycles. The predicted octanol–water partition coefficient (Wildman–Crippen LogP) is 3.15. The number of methoxy groups -OCH3 is 1. The van der Waals surface area contributed by atoms with Gasteiger partial charge in [0.25, 0.3) is 0 Å². The number of piperazine rings is 1. The Morgan fingerprint density at radius 1 is 1.08 bits per heavy atom. The van der Waals surface area contributed by atoms with Crippen LogP contribution in [-0.4, -0.2) is 50.1 Å². The van der Waals surface area contributed by atoms with Gasteiger partial charge in [0.05, 0.1) is 18.8 Å². The Morgan fingerprint density at radius 3 is 2.50 bits per heavy atom. The zero-order valence-corrected chi connectivity index (χ0v) is 15.7. The van der Waals surface area contributed by atoms with Gasteiger partial charge in [-0.25, -0.2) is 0 Å². The van der Waals surface area contributed by atoms with Crippen LogP contribution in [0.25, 0.3) is 0 Å². The van der Waals surface area contributed by atoms with E-state index in [9.17, 15) is 4.79 Å². The first-order chi connectivity index (χ1) is 12.6. The van der Waals surface area contributed by atoms with E-state index in [1.54, 1.807) is 7.11 Å². The third-order valence-electron chi connectivity index (χ3n) is 4.95. The quantitative estimate of drug-likeness (QED) is 0.897. The van der Waals surface area contributed by atoms with E-state index in [1.807, 2.05) is 56.3 Å². The van der Waals surface area contributed by atoms with Crippen LogP contribution in [0, 0.1) is 6.92 Å². The van der Waals surface area contributed by atoms with E-state index in [2.05, 4.69) is 21.2 Å². The second-order valence-electron chi connectivity index (χ2n) is 6.73. The molecule has 1 N–H and O–H groups in total. The van der Waals surface area contributed by atoms with Gasteiger partial charge in [0.2, 0.25) is 5.91 Å². The smallest absolute Gasteiger partial charge is 0.241 e. The fourth-order valence-electron chi connectivity index (χ4n) is 3.38. The molecule has 138 valence electrons. The standard InChI is InChI=1S/C21H27N3O2/c1-16-7-6-8-18(15-16)22-21(25)17(2)23-11-13-24(14-12-23)19-9-4-5-10-20(19)26-3/h4-10,15,17H,11-14H2,1-3H3,(H,22,25)/t17-/m1/s1. The molecule has 1 amide bonds. The van der Waals surface area contributed by atoms with E-state index in [0.29, 0.717) is 0 Å². The van der Waals surface area contributed by atoms with Crippen molar-refractivity contribution in [3.05, 3.63) is 54.1 Å². The fraction of sp³-hybridized carbons (Fsp3) is 0.381. The first-order valence-electron chi connectivity index (χ1n) is 9.08. The normalized spacial score (nSPS) is 16.2. The number of aryl methyl sites for hydroxylation is 1. The van der Waals surface area contributed by atoms with Crippen LogP contribution in [-0.2, 0) is 4.79 Å². The molecule has 1 heterocycles. The van der Waals surface area contributed by atoms with Gasteiger partial charge in [-0.1, -0.05) is 24.3 Å². The Bertz CT molecular complexity index is 754. The van der Waals surface area contributed by atoms with Crippen LogP contribution < -0.4 is 15.0 Å². The summed E-state index contributed by atoms with van der Waals surface area (Å²) in [5.74, 6) is 0.938. The number of amides is 1. The summed E-state index contributed by atoms with van der Waals surface area (Å²) >= 11 is 0. The lowest BCUT2D eigenvalue weighted by Gasteiger charge is -2.38. The van der Waals surface area contributed by atoms with Gasteiger partial charge in [0.15, 0.2) is 0 Å². The third-order valence-corrected chi connectivity index (χ3v) is 4.95. The molecule has 0 unspecified atom stereocenters. The highest BCUT2D eigenvalue weighted by Crippen LogP contribution is 2.28. The monoisotopic (exact) mass is 353 g/mol. The molecule has 1 aliphatic rings. The summed E-state index contributed by atoms with van der Waals surface area (Å²) in [4.78, 5) is 17.1. The Balaban J connectivity index is 1.58. The average Bonchev–Trinajstić information content (AvgIpc) is 2.67. The SMILES string of the molecule is COc1ccccc1N1CCN([C@H](C)C(=O)Nc2cccc(C)c2)CC1. The molecule has 3 rings (SSSR count).